The van der Waals surface area contributed by atoms with Crippen LogP contribution >= 0.6 is 0 Å². The monoisotopic (exact) mass is 267 g/mol. The molecule has 1 aromatic carbocycles. The number of benzene rings is 1. The van der Waals surface area contributed by atoms with Crippen molar-refractivity contribution in [1.29, 1.82) is 0 Å². The minimum absolute atomic E-state index is 0.0703. The standard InChI is InChI=1S/C14H15F2NO2/c15-14(16)19-12-7-5-11(6-8-12)17-13(18)9-10-3-1-2-4-10/h1,3,5-8,10,14H,2,4,9H2,(H,17,18). The summed E-state index contributed by atoms with van der Waals surface area (Å²) < 4.78 is 28.1. The smallest absolute Gasteiger partial charge is 0.387 e. The van der Waals surface area contributed by atoms with Crippen LogP contribution in [0.5, 0.6) is 5.75 Å². The Hall–Kier alpha value is -1.91. The molecule has 2 rings (SSSR count). The summed E-state index contributed by atoms with van der Waals surface area (Å²) in [4.78, 5) is 11.7. The Morgan fingerprint density at radius 3 is 2.68 bits per heavy atom. The molecule has 1 amide bonds. The molecule has 19 heavy (non-hydrogen) atoms. The van der Waals surface area contributed by atoms with Crippen molar-refractivity contribution in [2.24, 2.45) is 5.92 Å². The van der Waals surface area contributed by atoms with E-state index in [1.165, 1.54) is 12.1 Å². The average molecular weight is 267 g/mol. The molecule has 3 nitrogen and oxygen atoms in total. The number of ether oxygens (including phenoxy) is 1. The Bertz CT molecular complexity index is 457. The predicted octanol–water partition coefficient (Wildman–Crippen LogP) is 3.58. The van der Waals surface area contributed by atoms with E-state index in [9.17, 15) is 13.6 Å². The Labute approximate surface area is 110 Å². The van der Waals surface area contributed by atoms with E-state index in [4.69, 9.17) is 0 Å². The summed E-state index contributed by atoms with van der Waals surface area (Å²) >= 11 is 0. The Morgan fingerprint density at radius 1 is 1.37 bits per heavy atom. The highest BCUT2D eigenvalue weighted by molar-refractivity contribution is 5.91. The molecule has 1 unspecified atom stereocenters. The third-order valence-electron chi connectivity index (χ3n) is 2.92. The molecule has 1 aromatic rings. The van der Waals surface area contributed by atoms with Crippen molar-refractivity contribution in [3.05, 3.63) is 36.4 Å². The Balaban J connectivity index is 1.84. The number of rotatable bonds is 5. The van der Waals surface area contributed by atoms with Gasteiger partial charge in [-0.3, -0.25) is 4.79 Å². The van der Waals surface area contributed by atoms with Crippen molar-refractivity contribution in [3.8, 4) is 5.75 Å². The highest BCUT2D eigenvalue weighted by Crippen LogP contribution is 2.22. The number of hydrogen-bond donors (Lipinski definition) is 1. The number of hydrogen-bond acceptors (Lipinski definition) is 2. The maximum atomic E-state index is 12.0. The first-order valence-electron chi connectivity index (χ1n) is 6.15. The lowest BCUT2D eigenvalue weighted by molar-refractivity contribution is -0.116. The van der Waals surface area contributed by atoms with Crippen LogP contribution in [0.4, 0.5) is 14.5 Å². The zero-order chi connectivity index (χ0) is 13.7. The molecule has 5 heteroatoms. The van der Waals surface area contributed by atoms with Gasteiger partial charge in [0.05, 0.1) is 0 Å². The Morgan fingerprint density at radius 2 is 2.11 bits per heavy atom. The van der Waals surface area contributed by atoms with Crippen LogP contribution in [0.3, 0.4) is 0 Å². The molecule has 0 heterocycles. The van der Waals surface area contributed by atoms with Gasteiger partial charge in [0.2, 0.25) is 5.91 Å². The van der Waals surface area contributed by atoms with E-state index >= 15 is 0 Å². The molecule has 1 aliphatic rings. The van der Waals surface area contributed by atoms with Gasteiger partial charge in [-0.1, -0.05) is 12.2 Å². The van der Waals surface area contributed by atoms with Crippen LogP contribution in [-0.4, -0.2) is 12.5 Å². The third-order valence-corrected chi connectivity index (χ3v) is 2.92. The number of allylic oxidation sites excluding steroid dienone is 2. The van der Waals surface area contributed by atoms with Gasteiger partial charge >= 0.3 is 6.61 Å². The van der Waals surface area contributed by atoms with E-state index in [0.29, 0.717) is 18.0 Å². The summed E-state index contributed by atoms with van der Waals surface area (Å²) in [6, 6.07) is 5.88. The molecule has 0 aliphatic heterocycles. The topological polar surface area (TPSA) is 38.3 Å². The number of halogens is 2. The molecule has 0 bridgehead atoms. The van der Waals surface area contributed by atoms with Crippen molar-refractivity contribution in [1.82, 2.24) is 0 Å². The van der Waals surface area contributed by atoms with Crippen molar-refractivity contribution >= 4 is 11.6 Å². The van der Waals surface area contributed by atoms with E-state index in [-0.39, 0.29) is 11.7 Å². The quantitative estimate of drug-likeness (QED) is 0.828. The van der Waals surface area contributed by atoms with Crippen LogP contribution in [0.15, 0.2) is 36.4 Å². The summed E-state index contributed by atoms with van der Waals surface area (Å²) in [5.74, 6) is 0.312. The summed E-state index contributed by atoms with van der Waals surface area (Å²) in [7, 11) is 0. The van der Waals surface area contributed by atoms with Gasteiger partial charge in [0.15, 0.2) is 0 Å². The van der Waals surface area contributed by atoms with Crippen LogP contribution in [-0.2, 0) is 4.79 Å². The predicted molar refractivity (Wildman–Crippen MR) is 68.2 cm³/mol. The van der Waals surface area contributed by atoms with E-state index in [0.717, 1.165) is 12.8 Å². The van der Waals surface area contributed by atoms with Crippen molar-refractivity contribution in [2.45, 2.75) is 25.9 Å². The van der Waals surface area contributed by atoms with Crippen LogP contribution in [0, 0.1) is 5.92 Å². The fraction of sp³-hybridized carbons (Fsp3) is 0.357. The molecule has 1 N–H and O–H groups in total. The molecule has 102 valence electrons. The molecule has 1 aliphatic carbocycles. The molecule has 0 aromatic heterocycles. The number of nitrogens with one attached hydrogen (secondary N) is 1. The molecule has 0 saturated carbocycles. The van der Waals surface area contributed by atoms with Gasteiger partial charge in [-0.2, -0.15) is 8.78 Å². The number of alkyl halides is 2. The van der Waals surface area contributed by atoms with Crippen LogP contribution in [0.1, 0.15) is 19.3 Å². The molecule has 0 radical (unpaired) electrons. The van der Waals surface area contributed by atoms with Crippen molar-refractivity contribution < 1.29 is 18.3 Å². The van der Waals surface area contributed by atoms with Gasteiger partial charge in [-0.05, 0) is 43.0 Å². The van der Waals surface area contributed by atoms with E-state index in [1.54, 1.807) is 12.1 Å². The Kier molecular flexibility index (Phi) is 4.49. The fourth-order valence-electron chi connectivity index (χ4n) is 2.04. The lowest BCUT2D eigenvalue weighted by Gasteiger charge is -2.09. The van der Waals surface area contributed by atoms with Gasteiger partial charge in [0, 0.05) is 12.1 Å². The van der Waals surface area contributed by atoms with Crippen molar-refractivity contribution in [2.75, 3.05) is 5.32 Å². The molecular formula is C14H15F2NO2. The van der Waals surface area contributed by atoms with Crippen molar-refractivity contribution in [3.63, 3.8) is 0 Å². The average Bonchev–Trinajstić information content (AvgIpc) is 2.83. The maximum Gasteiger partial charge on any atom is 0.387 e. The first-order chi connectivity index (χ1) is 9.13. The van der Waals surface area contributed by atoms with Gasteiger partial charge in [0.25, 0.3) is 0 Å². The van der Waals surface area contributed by atoms with E-state index in [2.05, 4.69) is 22.2 Å². The molecule has 0 saturated heterocycles. The van der Waals surface area contributed by atoms with E-state index < -0.39 is 6.61 Å². The van der Waals surface area contributed by atoms with Gasteiger partial charge < -0.3 is 10.1 Å². The first-order valence-corrected chi connectivity index (χ1v) is 6.15. The molecular weight excluding hydrogens is 252 g/mol. The minimum atomic E-state index is -2.84. The van der Waals surface area contributed by atoms with Gasteiger partial charge in [-0.15, -0.1) is 0 Å². The number of anilines is 1. The fourth-order valence-corrected chi connectivity index (χ4v) is 2.04. The maximum absolute atomic E-state index is 12.0. The number of amides is 1. The summed E-state index contributed by atoms with van der Waals surface area (Å²) in [5, 5.41) is 2.73. The highest BCUT2D eigenvalue weighted by atomic mass is 19.3. The van der Waals surface area contributed by atoms with Crippen LogP contribution in [0.2, 0.25) is 0 Å². The van der Waals surface area contributed by atoms with Crippen LogP contribution < -0.4 is 10.1 Å². The third kappa shape index (κ3) is 4.35. The van der Waals surface area contributed by atoms with E-state index in [1.807, 2.05) is 0 Å². The zero-order valence-corrected chi connectivity index (χ0v) is 10.3. The summed E-state index contributed by atoms with van der Waals surface area (Å²) in [6.07, 6.45) is 6.62. The first kappa shape index (κ1) is 13.5. The zero-order valence-electron chi connectivity index (χ0n) is 10.3. The van der Waals surface area contributed by atoms with Crippen LogP contribution in [0.25, 0.3) is 0 Å². The van der Waals surface area contributed by atoms with Gasteiger partial charge in [0.1, 0.15) is 5.75 Å². The highest BCUT2D eigenvalue weighted by Gasteiger charge is 2.14. The number of carbonyl (C=O) groups excluding carboxylic acids is 1. The second kappa shape index (κ2) is 6.31. The van der Waals surface area contributed by atoms with Gasteiger partial charge in [-0.25, -0.2) is 0 Å². The molecule has 1 atom stereocenters. The number of carbonyl (C=O) groups is 1. The molecule has 0 fully saturated rings. The minimum Gasteiger partial charge on any atom is -0.435 e. The summed E-state index contributed by atoms with van der Waals surface area (Å²) in [6.45, 7) is -2.84. The lowest BCUT2D eigenvalue weighted by Crippen LogP contribution is -2.14. The largest absolute Gasteiger partial charge is 0.435 e. The summed E-state index contributed by atoms with van der Waals surface area (Å²) in [5.41, 5.74) is 0.577. The second-order valence-corrected chi connectivity index (χ2v) is 4.42. The lowest BCUT2D eigenvalue weighted by atomic mass is 10.1. The SMILES string of the molecule is O=C(CC1C=CCC1)Nc1ccc(OC(F)F)cc1. The molecule has 0 spiro atoms. The normalized spacial score (nSPS) is 17.7. The second-order valence-electron chi connectivity index (χ2n) is 4.42.